The molecule has 1 aromatic carbocycles. The standard InChI is InChI=1S/C17H24ClN3O2S.C5H7NO4/c1-11-4-3-7-21(11)16(22)9-13(10-24-2)20-17(23)12-5-6-15(19)14(18)8-12;7-2-4(6-3-8)1-5(9)10/h5-6,8,11,13H,3-4,7,9-10,19H2,1-2H3,(H,20,23);2-4H,1H2,(H,6,8)(H,9,10)/t11?,13-;4-/m10/s1. The van der Waals surface area contributed by atoms with Crippen LogP contribution in [0.25, 0.3) is 0 Å². The van der Waals surface area contributed by atoms with Gasteiger partial charge < -0.3 is 31.2 Å². The fraction of sp³-hybridized carbons (Fsp3) is 0.500. The van der Waals surface area contributed by atoms with E-state index in [1.165, 1.54) is 0 Å². The molecule has 0 aromatic heterocycles. The number of hydrogen-bond donors (Lipinski definition) is 4. The minimum Gasteiger partial charge on any atom is -0.481 e. The Kier molecular flexibility index (Phi) is 13.1. The van der Waals surface area contributed by atoms with Gasteiger partial charge in [-0.1, -0.05) is 11.6 Å². The minimum absolute atomic E-state index is 0.106. The third-order valence-corrected chi connectivity index (χ3v) is 6.16. The zero-order valence-corrected chi connectivity index (χ0v) is 20.7. The monoisotopic (exact) mass is 514 g/mol. The number of nitrogen functional groups attached to an aromatic ring is 1. The van der Waals surface area contributed by atoms with Crippen molar-refractivity contribution >= 4 is 59.5 Å². The molecule has 1 fully saturated rings. The highest BCUT2D eigenvalue weighted by atomic mass is 35.5. The molecule has 1 saturated heterocycles. The van der Waals surface area contributed by atoms with E-state index in [-0.39, 0.29) is 24.3 Å². The first-order valence-corrected chi connectivity index (χ1v) is 12.4. The number of nitrogens with zero attached hydrogens (tertiary/aromatic N) is 1. The van der Waals surface area contributed by atoms with Crippen molar-refractivity contribution in [2.24, 2.45) is 0 Å². The quantitative estimate of drug-likeness (QED) is 0.256. The molecule has 12 heteroatoms. The van der Waals surface area contributed by atoms with Crippen LogP contribution in [0.5, 0.6) is 0 Å². The van der Waals surface area contributed by atoms with E-state index in [0.29, 0.717) is 47.2 Å². The third kappa shape index (κ3) is 10.0. The summed E-state index contributed by atoms with van der Waals surface area (Å²) in [5, 5.41) is 13.5. The summed E-state index contributed by atoms with van der Waals surface area (Å²) >= 11 is 7.58. The smallest absolute Gasteiger partial charge is 0.305 e. The van der Waals surface area contributed by atoms with Gasteiger partial charge in [0.2, 0.25) is 12.3 Å². The molecule has 1 aromatic rings. The second kappa shape index (κ2) is 15.2. The van der Waals surface area contributed by atoms with Gasteiger partial charge in [0, 0.05) is 36.4 Å². The van der Waals surface area contributed by atoms with E-state index in [2.05, 4.69) is 12.2 Å². The van der Waals surface area contributed by atoms with Crippen LogP contribution in [0.1, 0.15) is 43.0 Å². The molecule has 1 unspecified atom stereocenters. The van der Waals surface area contributed by atoms with Gasteiger partial charge in [0.15, 0.2) is 0 Å². The maximum atomic E-state index is 12.5. The molecule has 0 aliphatic carbocycles. The molecule has 0 saturated carbocycles. The zero-order valence-electron chi connectivity index (χ0n) is 19.2. The number of carbonyl (C=O) groups excluding carboxylic acids is 4. The Morgan fingerprint density at radius 1 is 1.32 bits per heavy atom. The van der Waals surface area contributed by atoms with Gasteiger partial charge in [-0.05, 0) is 44.2 Å². The molecule has 1 heterocycles. The summed E-state index contributed by atoms with van der Waals surface area (Å²) < 4.78 is 0. The first-order valence-electron chi connectivity index (χ1n) is 10.6. The maximum absolute atomic E-state index is 12.5. The first-order chi connectivity index (χ1) is 16.1. The summed E-state index contributed by atoms with van der Waals surface area (Å²) in [6, 6.07) is 3.97. The van der Waals surface area contributed by atoms with Crippen LogP contribution in [-0.2, 0) is 19.2 Å². The number of thioether (sulfide) groups is 1. The van der Waals surface area contributed by atoms with Crippen LogP contribution in [0, 0.1) is 0 Å². The van der Waals surface area contributed by atoms with Gasteiger partial charge in [0.05, 0.1) is 23.2 Å². The average molecular weight is 515 g/mol. The van der Waals surface area contributed by atoms with Crippen molar-refractivity contribution in [2.45, 2.75) is 50.7 Å². The van der Waals surface area contributed by atoms with Gasteiger partial charge in [-0.15, -0.1) is 0 Å². The van der Waals surface area contributed by atoms with E-state index in [1.54, 1.807) is 30.0 Å². The molecule has 1 aliphatic heterocycles. The second-order valence-electron chi connectivity index (χ2n) is 7.77. The highest BCUT2D eigenvalue weighted by molar-refractivity contribution is 7.98. The van der Waals surface area contributed by atoms with Gasteiger partial charge >= 0.3 is 5.97 Å². The number of nitrogens with two attached hydrogens (primary N) is 1. The predicted octanol–water partition coefficient (Wildman–Crippen LogP) is 1.56. The van der Waals surface area contributed by atoms with Crippen LogP contribution >= 0.6 is 23.4 Å². The largest absolute Gasteiger partial charge is 0.481 e. The van der Waals surface area contributed by atoms with Crippen molar-refractivity contribution in [1.82, 2.24) is 15.5 Å². The molecule has 0 spiro atoms. The number of carboxylic acids is 1. The lowest BCUT2D eigenvalue weighted by atomic mass is 10.1. The Labute approximate surface area is 207 Å². The molecule has 3 amide bonds. The normalized spacial score (nSPS) is 16.4. The van der Waals surface area contributed by atoms with E-state index in [9.17, 15) is 24.0 Å². The SMILES string of the molecule is CSC[C@@H](CC(=O)N1CCCC1C)NC(=O)c1ccc(N)c(Cl)c1.O=CN[C@H](C=O)CC(=O)O. The number of aliphatic carboxylic acids is 1. The van der Waals surface area contributed by atoms with Crippen LogP contribution in [0.15, 0.2) is 18.2 Å². The van der Waals surface area contributed by atoms with Gasteiger partial charge in [-0.3, -0.25) is 19.2 Å². The minimum atomic E-state index is -1.12. The number of carboxylic acid groups (broad SMARTS) is 1. The number of carbonyl (C=O) groups is 5. The third-order valence-electron chi connectivity index (χ3n) is 5.10. The lowest BCUT2D eigenvalue weighted by Crippen LogP contribution is -2.43. The number of benzene rings is 1. The van der Waals surface area contributed by atoms with Gasteiger partial charge in [0.1, 0.15) is 6.29 Å². The number of nitrogens with one attached hydrogen (secondary N) is 2. The number of aldehydes is 1. The van der Waals surface area contributed by atoms with Crippen LogP contribution < -0.4 is 16.4 Å². The second-order valence-corrected chi connectivity index (χ2v) is 9.09. The Balaban J connectivity index is 0.000000489. The fourth-order valence-electron chi connectivity index (χ4n) is 3.34. The fourth-order valence-corrected chi connectivity index (χ4v) is 4.13. The Morgan fingerprint density at radius 2 is 2.03 bits per heavy atom. The number of rotatable bonds is 11. The first kappa shape index (κ1) is 29.2. The van der Waals surface area contributed by atoms with Crippen molar-refractivity contribution in [1.29, 1.82) is 0 Å². The van der Waals surface area contributed by atoms with Crippen molar-refractivity contribution in [3.63, 3.8) is 0 Å². The molecule has 2 rings (SSSR count). The molecule has 188 valence electrons. The van der Waals surface area contributed by atoms with Crippen molar-refractivity contribution in [3.05, 3.63) is 28.8 Å². The predicted molar refractivity (Wildman–Crippen MR) is 132 cm³/mol. The molecular weight excluding hydrogens is 484 g/mol. The average Bonchev–Trinajstić information content (AvgIpc) is 3.21. The van der Waals surface area contributed by atoms with E-state index in [0.717, 1.165) is 19.4 Å². The van der Waals surface area contributed by atoms with Crippen LogP contribution in [0.4, 0.5) is 5.69 Å². The summed E-state index contributed by atoms with van der Waals surface area (Å²) in [5.41, 5.74) is 6.55. The number of likely N-dealkylation sites (tertiary alicyclic amines) is 1. The number of halogens is 1. The molecule has 3 atom stereocenters. The summed E-state index contributed by atoms with van der Waals surface area (Å²) in [6.45, 7) is 2.89. The van der Waals surface area contributed by atoms with Crippen molar-refractivity contribution < 1.29 is 29.1 Å². The molecule has 5 N–H and O–H groups in total. The van der Waals surface area contributed by atoms with Gasteiger partial charge in [-0.25, -0.2) is 0 Å². The summed E-state index contributed by atoms with van der Waals surface area (Å²) in [6.07, 6.45) is 4.68. The molecule has 1 aliphatic rings. The van der Waals surface area contributed by atoms with Crippen molar-refractivity contribution in [2.75, 3.05) is 24.3 Å². The van der Waals surface area contributed by atoms with Crippen LogP contribution in [0.3, 0.4) is 0 Å². The van der Waals surface area contributed by atoms with E-state index < -0.39 is 12.0 Å². The molecule has 10 nitrogen and oxygen atoms in total. The molecular formula is C22H31ClN4O6S. The Hall–Kier alpha value is -2.79. The topological polar surface area (TPSA) is 159 Å². The van der Waals surface area contributed by atoms with Crippen LogP contribution in [-0.4, -0.2) is 77.2 Å². The Morgan fingerprint density at radius 3 is 2.53 bits per heavy atom. The van der Waals surface area contributed by atoms with E-state index in [1.807, 2.05) is 16.5 Å². The molecule has 0 bridgehead atoms. The lowest BCUT2D eigenvalue weighted by molar-refractivity contribution is -0.138. The Bertz CT molecular complexity index is 872. The molecule has 34 heavy (non-hydrogen) atoms. The van der Waals surface area contributed by atoms with E-state index >= 15 is 0 Å². The summed E-state index contributed by atoms with van der Waals surface area (Å²) in [4.78, 5) is 56.4. The zero-order chi connectivity index (χ0) is 25.7. The number of amides is 3. The lowest BCUT2D eigenvalue weighted by Gasteiger charge is -2.25. The number of anilines is 1. The van der Waals surface area contributed by atoms with Crippen LogP contribution in [0.2, 0.25) is 5.02 Å². The highest BCUT2D eigenvalue weighted by Crippen LogP contribution is 2.21. The van der Waals surface area contributed by atoms with Crippen molar-refractivity contribution in [3.8, 4) is 0 Å². The summed E-state index contributed by atoms with van der Waals surface area (Å²) in [5.74, 6) is -0.568. The van der Waals surface area contributed by atoms with E-state index in [4.69, 9.17) is 22.4 Å². The molecule has 0 radical (unpaired) electrons. The number of hydrogen-bond acceptors (Lipinski definition) is 7. The summed E-state index contributed by atoms with van der Waals surface area (Å²) in [7, 11) is 0. The maximum Gasteiger partial charge on any atom is 0.305 e. The highest BCUT2D eigenvalue weighted by Gasteiger charge is 2.27. The van der Waals surface area contributed by atoms with Gasteiger partial charge in [0.25, 0.3) is 5.91 Å². The van der Waals surface area contributed by atoms with Gasteiger partial charge in [-0.2, -0.15) is 11.8 Å².